The molecular formula is C99H71N11O. The van der Waals surface area contributed by atoms with E-state index in [-0.39, 0.29) is 5.91 Å². The van der Waals surface area contributed by atoms with Gasteiger partial charge in [-0.05, 0) is 155 Å². The van der Waals surface area contributed by atoms with Gasteiger partial charge in [0.25, 0.3) is 0 Å². The molecule has 0 unspecified atom stereocenters. The van der Waals surface area contributed by atoms with E-state index in [9.17, 15) is 0 Å². The second-order valence-corrected chi connectivity index (χ2v) is 29.0. The first-order valence-electron chi connectivity index (χ1n) is 37.4. The van der Waals surface area contributed by atoms with Gasteiger partial charge in [-0.3, -0.25) is 4.79 Å². The fraction of sp³-hybridized carbons (Fsp3) is 0.0404. The number of carbonyl (C=O) groups is 1. The molecule has 0 radical (unpaired) electrons. The first-order chi connectivity index (χ1) is 54.6. The lowest BCUT2D eigenvalue weighted by molar-refractivity contribution is -0.121. The van der Waals surface area contributed by atoms with Crippen molar-refractivity contribution in [2.75, 3.05) is 22.6 Å². The summed E-state index contributed by atoms with van der Waals surface area (Å²) in [4.78, 5) is 55.9. The average Bonchev–Trinajstić information content (AvgIpc) is 1.59. The Balaban J connectivity index is 0.848. The molecule has 0 saturated heterocycles. The van der Waals surface area contributed by atoms with E-state index in [1.807, 2.05) is 69.4 Å². The number of H-pyrrole nitrogens is 4. The monoisotopic (exact) mass is 1430 g/mol. The number of aromatic amines is 4. The summed E-state index contributed by atoms with van der Waals surface area (Å²) in [6.07, 6.45) is 12.9. The molecule has 0 atom stereocenters. The number of fused-ring (bicyclic) bond motifs is 17. The van der Waals surface area contributed by atoms with Crippen molar-refractivity contribution in [1.29, 1.82) is 0 Å². The zero-order valence-electron chi connectivity index (χ0n) is 61.0. The Morgan fingerprint density at radius 3 is 0.838 bits per heavy atom. The minimum absolute atomic E-state index is 0.0400. The third-order valence-corrected chi connectivity index (χ3v) is 21.7. The number of benzene rings is 9. The van der Waals surface area contributed by atoms with Crippen LogP contribution in [0.3, 0.4) is 0 Å². The minimum atomic E-state index is -0.990. The Labute approximate surface area is 641 Å². The summed E-state index contributed by atoms with van der Waals surface area (Å²) >= 11 is 0. The van der Waals surface area contributed by atoms with Crippen molar-refractivity contribution in [2.45, 2.75) is 19.3 Å². The highest BCUT2D eigenvalue weighted by atomic mass is 16.2. The predicted octanol–water partition coefficient (Wildman–Crippen LogP) is 24.1. The molecular weight excluding hydrogens is 1360 g/mol. The maximum atomic E-state index is 15.2. The zero-order valence-corrected chi connectivity index (χ0v) is 61.0. The third-order valence-electron chi connectivity index (χ3n) is 21.7. The lowest BCUT2D eigenvalue weighted by atomic mass is 9.84. The van der Waals surface area contributed by atoms with Crippen LogP contribution in [0.2, 0.25) is 0 Å². The second-order valence-electron chi connectivity index (χ2n) is 29.0. The summed E-state index contributed by atoms with van der Waals surface area (Å²) in [6, 6.07) is 105. The fourth-order valence-electron chi connectivity index (χ4n) is 16.7. The zero-order chi connectivity index (χ0) is 74.3. The molecule has 1 amide bonds. The van der Waals surface area contributed by atoms with Crippen molar-refractivity contribution in [3.05, 3.63) is 354 Å². The van der Waals surface area contributed by atoms with Crippen LogP contribution in [0.5, 0.6) is 0 Å². The molecule has 12 nitrogen and oxygen atoms in total. The molecule has 11 heterocycles. The molecule has 5 aliphatic heterocycles. The van der Waals surface area contributed by atoms with E-state index in [1.54, 1.807) is 4.90 Å². The Morgan fingerprint density at radius 1 is 0.297 bits per heavy atom. The van der Waals surface area contributed by atoms with Gasteiger partial charge in [0.1, 0.15) is 0 Å². The van der Waals surface area contributed by atoms with Crippen LogP contribution in [-0.2, 0) is 10.2 Å². The maximum Gasteiger partial charge on any atom is 0.236 e. The van der Waals surface area contributed by atoms with Gasteiger partial charge in [-0.2, -0.15) is 0 Å². The molecule has 0 saturated carbocycles. The molecule has 111 heavy (non-hydrogen) atoms. The van der Waals surface area contributed by atoms with E-state index < -0.39 is 5.41 Å². The van der Waals surface area contributed by atoms with Crippen LogP contribution in [0.15, 0.2) is 303 Å². The summed E-state index contributed by atoms with van der Waals surface area (Å²) in [7, 11) is 1.88. The topological polar surface area (TPSA) is 159 Å². The molecule has 12 heteroatoms. The second kappa shape index (κ2) is 26.9. The predicted molar refractivity (Wildman–Crippen MR) is 459 cm³/mol. The van der Waals surface area contributed by atoms with Crippen LogP contribution >= 0.6 is 0 Å². The van der Waals surface area contributed by atoms with E-state index >= 15 is 4.79 Å². The number of nitrogens with zero attached hydrogens (tertiary/aromatic N) is 5. The van der Waals surface area contributed by atoms with Gasteiger partial charge in [-0.1, -0.05) is 243 Å². The average molecular weight is 1430 g/mol. The summed E-state index contributed by atoms with van der Waals surface area (Å²) in [5.41, 5.74) is 31.9. The van der Waals surface area contributed by atoms with Crippen molar-refractivity contribution in [1.82, 2.24) is 39.9 Å². The molecule has 20 rings (SSSR count). The van der Waals surface area contributed by atoms with Crippen LogP contribution in [0, 0.1) is 0 Å². The van der Waals surface area contributed by atoms with Gasteiger partial charge in [0.2, 0.25) is 5.91 Å². The van der Waals surface area contributed by atoms with E-state index in [4.69, 9.17) is 19.9 Å². The van der Waals surface area contributed by atoms with Crippen molar-refractivity contribution >= 4 is 115 Å². The summed E-state index contributed by atoms with van der Waals surface area (Å²) in [5, 5.41) is 8.20. The van der Waals surface area contributed by atoms with Gasteiger partial charge in [0, 0.05) is 113 Å². The molecule has 6 N–H and O–H groups in total. The van der Waals surface area contributed by atoms with Crippen LogP contribution < -0.4 is 15.5 Å². The normalized spacial score (nSPS) is 13.3. The van der Waals surface area contributed by atoms with Crippen molar-refractivity contribution < 1.29 is 4.79 Å². The molecule has 0 fully saturated rings. The molecule has 16 bridgehead atoms. The number of rotatable bonds is 12. The summed E-state index contributed by atoms with van der Waals surface area (Å²) in [6.45, 7) is 4.05. The molecule has 0 aliphatic carbocycles. The fourth-order valence-corrected chi connectivity index (χ4v) is 16.7. The van der Waals surface area contributed by atoms with E-state index in [2.05, 4.69) is 322 Å². The highest BCUT2D eigenvalue weighted by Gasteiger charge is 2.45. The molecule has 9 aromatic carbocycles. The summed E-state index contributed by atoms with van der Waals surface area (Å²) < 4.78 is 0. The first kappa shape index (κ1) is 65.7. The van der Waals surface area contributed by atoms with Crippen LogP contribution in [0.4, 0.5) is 17.1 Å². The SMILES string of the molecule is CN1C(=O)C(C)(C)c2c(NC3=Cc4nc3c(-c3ccccc3)c3ccc([nH]3)c(-c3ccccc3)c3nc(c(-c5ccccc5)c5ccc([nH]5)c4-c4ccccc4)C=C3)cc(NC3=Cc4nc3c(-c3ccccc3)c3ccc([nH]3)c(-c3ccccc3)c3nc(c(-c5ccccc5)c5ccc([nH]5)c4-c4ccccc4)C=C3)cc21. The smallest absolute Gasteiger partial charge is 0.236 e. The summed E-state index contributed by atoms with van der Waals surface area (Å²) in [5.74, 6) is -0.0400. The number of likely N-dealkylation sites (N-methyl/N-ethyl adjacent to an activating group) is 1. The third kappa shape index (κ3) is 11.6. The van der Waals surface area contributed by atoms with Gasteiger partial charge in [-0.25, -0.2) is 19.9 Å². The minimum Gasteiger partial charge on any atom is -0.354 e. The Bertz CT molecular complexity index is 6770. The van der Waals surface area contributed by atoms with Gasteiger partial charge < -0.3 is 35.5 Å². The highest BCUT2D eigenvalue weighted by Crippen LogP contribution is 2.51. The highest BCUT2D eigenvalue weighted by molar-refractivity contribution is 6.13. The quantitative estimate of drug-likeness (QED) is 0.0710. The van der Waals surface area contributed by atoms with Crippen LogP contribution in [0.25, 0.3) is 181 Å². The van der Waals surface area contributed by atoms with E-state index in [0.717, 1.165) is 190 Å². The Morgan fingerprint density at radius 2 is 0.550 bits per heavy atom. The Kier molecular flexibility index (Phi) is 16.0. The van der Waals surface area contributed by atoms with Gasteiger partial charge in [-0.15, -0.1) is 0 Å². The first-order valence-corrected chi connectivity index (χ1v) is 37.4. The van der Waals surface area contributed by atoms with Crippen molar-refractivity contribution in [3.8, 4) is 89.0 Å². The standard InChI is InChI=1S/C99H71N11O/c1-99(2)95-83(107-85-59-82-92(65-38-22-9-23-39-65)78-51-49-74(104-78)88(61-30-14-5-15-31-61)70-45-47-72(102-70)90(63-34-18-7-19-35-63)76-53-55-80(106-76)94(97(85)109-82)67-42-26-11-27-43-67)56-68(57-86(95)110(3)98(99)111)100-84-58-81-91(64-36-20-8-21-37-64)77-50-48-73(103-77)87(60-28-12-4-13-29-60)69-44-46-71(101-69)89(62-32-16-6-17-33-62)75-52-54-79(105-75)93(96(84)108-81)66-40-24-10-25-41-66/h4-59,100,103-107H,1-3H3. The van der Waals surface area contributed by atoms with E-state index in [0.29, 0.717) is 22.8 Å². The number of hydrogen-bond acceptors (Lipinski definition) is 7. The van der Waals surface area contributed by atoms with Crippen molar-refractivity contribution in [2.24, 2.45) is 0 Å². The molecule has 0 spiro atoms. The van der Waals surface area contributed by atoms with Gasteiger partial charge >= 0.3 is 0 Å². The van der Waals surface area contributed by atoms with Crippen LogP contribution in [-0.4, -0.2) is 52.8 Å². The lowest BCUT2D eigenvalue weighted by Gasteiger charge is -2.22. The van der Waals surface area contributed by atoms with Gasteiger partial charge in [0.05, 0.1) is 68.0 Å². The van der Waals surface area contributed by atoms with Crippen molar-refractivity contribution in [3.63, 3.8) is 0 Å². The number of anilines is 3. The number of aromatic nitrogens is 8. The Hall–Kier alpha value is -14.8. The van der Waals surface area contributed by atoms with E-state index in [1.165, 1.54) is 0 Å². The van der Waals surface area contributed by atoms with Crippen LogP contribution in [0.1, 0.15) is 65.0 Å². The number of hydrogen-bond donors (Lipinski definition) is 6. The molecule has 5 aliphatic rings. The molecule has 15 aromatic rings. The molecule has 528 valence electrons. The van der Waals surface area contributed by atoms with Gasteiger partial charge in [0.15, 0.2) is 0 Å². The largest absolute Gasteiger partial charge is 0.354 e. The number of carbonyl (C=O) groups excluding carboxylic acids is 1. The number of nitrogens with one attached hydrogen (secondary N) is 6. The molecule has 6 aromatic heterocycles. The maximum absolute atomic E-state index is 15.2. The number of amides is 1. The lowest BCUT2D eigenvalue weighted by Crippen LogP contribution is -2.33.